The van der Waals surface area contributed by atoms with E-state index in [9.17, 15) is 4.79 Å². The van der Waals surface area contributed by atoms with E-state index in [-0.39, 0.29) is 5.91 Å². The summed E-state index contributed by atoms with van der Waals surface area (Å²) in [5.41, 5.74) is 1.29. The molecule has 0 bridgehead atoms. The van der Waals surface area contributed by atoms with Crippen molar-refractivity contribution in [1.29, 1.82) is 0 Å². The second-order valence-corrected chi connectivity index (χ2v) is 6.11. The Kier molecular flexibility index (Phi) is 6.21. The van der Waals surface area contributed by atoms with Gasteiger partial charge in [-0.3, -0.25) is 4.79 Å². The maximum atomic E-state index is 12.4. The molecule has 21 heavy (non-hydrogen) atoms. The van der Waals surface area contributed by atoms with Crippen LogP contribution in [-0.2, 0) is 11.2 Å². The summed E-state index contributed by atoms with van der Waals surface area (Å²) in [5.74, 6) is 0.227. The highest BCUT2D eigenvalue weighted by Crippen LogP contribution is 2.09. The van der Waals surface area contributed by atoms with E-state index in [2.05, 4.69) is 29.6 Å². The van der Waals surface area contributed by atoms with Crippen LogP contribution in [-0.4, -0.2) is 62.0 Å². The molecular weight excluding hydrogens is 262 g/mol. The predicted molar refractivity (Wildman–Crippen MR) is 86.3 cm³/mol. The van der Waals surface area contributed by atoms with Crippen molar-refractivity contribution in [3.8, 4) is 0 Å². The molecule has 1 amide bonds. The standard InChI is InChI=1S/C17H27N3O/c1-19(2)14-17(21)20(13-16-9-6-11-18-16)12-10-15-7-4-3-5-8-15/h3-5,7-8,16,18H,6,9-14H2,1-2H3/t16-/m0/s1. The van der Waals surface area contributed by atoms with Gasteiger partial charge in [0.05, 0.1) is 6.54 Å². The van der Waals surface area contributed by atoms with Crippen molar-refractivity contribution in [1.82, 2.24) is 15.1 Å². The molecule has 0 aromatic heterocycles. The Morgan fingerprint density at radius 2 is 2.05 bits per heavy atom. The van der Waals surface area contributed by atoms with Crippen LogP contribution in [0.25, 0.3) is 0 Å². The highest BCUT2D eigenvalue weighted by atomic mass is 16.2. The molecule has 1 aromatic rings. The van der Waals surface area contributed by atoms with E-state index in [1.807, 2.05) is 30.0 Å². The van der Waals surface area contributed by atoms with Crippen LogP contribution < -0.4 is 5.32 Å². The lowest BCUT2D eigenvalue weighted by atomic mass is 10.1. The zero-order valence-corrected chi connectivity index (χ0v) is 13.2. The van der Waals surface area contributed by atoms with Crippen molar-refractivity contribution in [3.05, 3.63) is 35.9 Å². The number of hydrogen-bond donors (Lipinski definition) is 1. The molecule has 4 nitrogen and oxygen atoms in total. The minimum absolute atomic E-state index is 0.227. The first-order valence-electron chi connectivity index (χ1n) is 7.85. The molecule has 1 aliphatic heterocycles. The van der Waals surface area contributed by atoms with E-state index >= 15 is 0 Å². The van der Waals surface area contributed by atoms with E-state index < -0.39 is 0 Å². The van der Waals surface area contributed by atoms with Crippen LogP contribution in [0.2, 0.25) is 0 Å². The smallest absolute Gasteiger partial charge is 0.236 e. The average molecular weight is 289 g/mol. The Hall–Kier alpha value is -1.39. The van der Waals surface area contributed by atoms with Crippen LogP contribution in [0, 0.1) is 0 Å². The van der Waals surface area contributed by atoms with Gasteiger partial charge in [-0.25, -0.2) is 0 Å². The van der Waals surface area contributed by atoms with Crippen molar-refractivity contribution in [2.45, 2.75) is 25.3 Å². The van der Waals surface area contributed by atoms with Gasteiger partial charge in [-0.05, 0) is 45.5 Å². The number of hydrogen-bond acceptors (Lipinski definition) is 3. The Bertz CT molecular complexity index is 427. The van der Waals surface area contributed by atoms with Crippen molar-refractivity contribution in [2.24, 2.45) is 0 Å². The quantitative estimate of drug-likeness (QED) is 0.823. The summed E-state index contributed by atoms with van der Waals surface area (Å²) in [6.07, 6.45) is 3.32. The molecule has 0 aliphatic carbocycles. The summed E-state index contributed by atoms with van der Waals surface area (Å²) < 4.78 is 0. The summed E-state index contributed by atoms with van der Waals surface area (Å²) in [4.78, 5) is 16.4. The van der Waals surface area contributed by atoms with Gasteiger partial charge in [-0.1, -0.05) is 30.3 Å². The molecular formula is C17H27N3O. The third-order valence-electron chi connectivity index (χ3n) is 3.92. The van der Waals surface area contributed by atoms with Crippen LogP contribution in [0.3, 0.4) is 0 Å². The highest BCUT2D eigenvalue weighted by Gasteiger charge is 2.21. The predicted octanol–water partition coefficient (Wildman–Crippen LogP) is 1.37. The second kappa shape index (κ2) is 8.15. The molecule has 1 N–H and O–H groups in total. The average Bonchev–Trinajstić information content (AvgIpc) is 2.96. The van der Waals surface area contributed by atoms with Crippen molar-refractivity contribution >= 4 is 5.91 Å². The van der Waals surface area contributed by atoms with E-state index in [0.29, 0.717) is 12.6 Å². The fraction of sp³-hybridized carbons (Fsp3) is 0.588. The van der Waals surface area contributed by atoms with Gasteiger partial charge in [0.1, 0.15) is 0 Å². The fourth-order valence-corrected chi connectivity index (χ4v) is 2.78. The number of nitrogens with one attached hydrogen (secondary N) is 1. The molecule has 1 aliphatic rings. The zero-order valence-electron chi connectivity index (χ0n) is 13.2. The van der Waals surface area contributed by atoms with Gasteiger partial charge < -0.3 is 15.1 Å². The lowest BCUT2D eigenvalue weighted by Crippen LogP contribution is -2.45. The molecule has 1 aromatic carbocycles. The van der Waals surface area contributed by atoms with Gasteiger partial charge in [-0.2, -0.15) is 0 Å². The van der Waals surface area contributed by atoms with Crippen LogP contribution in [0.4, 0.5) is 0 Å². The topological polar surface area (TPSA) is 35.6 Å². The first-order valence-corrected chi connectivity index (χ1v) is 7.85. The number of benzene rings is 1. The third-order valence-corrected chi connectivity index (χ3v) is 3.92. The van der Waals surface area contributed by atoms with Gasteiger partial charge in [0.15, 0.2) is 0 Å². The van der Waals surface area contributed by atoms with E-state index in [0.717, 1.165) is 26.1 Å². The summed E-state index contributed by atoms with van der Waals surface area (Å²) >= 11 is 0. The Morgan fingerprint density at radius 1 is 1.29 bits per heavy atom. The lowest BCUT2D eigenvalue weighted by Gasteiger charge is -2.27. The molecule has 0 saturated carbocycles. The van der Waals surface area contributed by atoms with Crippen LogP contribution in [0.15, 0.2) is 30.3 Å². The number of amides is 1. The molecule has 2 rings (SSSR count). The monoisotopic (exact) mass is 289 g/mol. The summed E-state index contributed by atoms with van der Waals surface area (Å²) in [6.45, 7) is 3.20. The van der Waals surface area contributed by atoms with E-state index in [1.54, 1.807) is 0 Å². The molecule has 4 heteroatoms. The van der Waals surface area contributed by atoms with Crippen molar-refractivity contribution in [2.75, 3.05) is 40.3 Å². The summed E-state index contributed by atoms with van der Waals surface area (Å²) in [7, 11) is 3.89. The van der Waals surface area contributed by atoms with Crippen molar-refractivity contribution < 1.29 is 4.79 Å². The van der Waals surface area contributed by atoms with Gasteiger partial charge >= 0.3 is 0 Å². The van der Waals surface area contributed by atoms with E-state index in [4.69, 9.17) is 0 Å². The molecule has 1 saturated heterocycles. The molecule has 116 valence electrons. The van der Waals surface area contributed by atoms with Gasteiger partial charge in [0.25, 0.3) is 0 Å². The third kappa shape index (κ3) is 5.48. The second-order valence-electron chi connectivity index (χ2n) is 6.11. The number of rotatable bonds is 7. The largest absolute Gasteiger partial charge is 0.340 e. The number of likely N-dealkylation sites (N-methyl/N-ethyl adjacent to an activating group) is 1. The van der Waals surface area contributed by atoms with Gasteiger partial charge in [-0.15, -0.1) is 0 Å². The number of nitrogens with zero attached hydrogens (tertiary/aromatic N) is 2. The van der Waals surface area contributed by atoms with Crippen LogP contribution in [0.1, 0.15) is 18.4 Å². The first-order chi connectivity index (χ1) is 10.1. The zero-order chi connectivity index (χ0) is 15.1. The van der Waals surface area contributed by atoms with E-state index in [1.165, 1.54) is 18.4 Å². The molecule has 0 unspecified atom stereocenters. The SMILES string of the molecule is CN(C)CC(=O)N(CCc1ccccc1)C[C@@H]1CCCN1. The Balaban J connectivity index is 1.91. The van der Waals surface area contributed by atoms with Crippen LogP contribution in [0.5, 0.6) is 0 Å². The fourth-order valence-electron chi connectivity index (χ4n) is 2.78. The Morgan fingerprint density at radius 3 is 2.67 bits per heavy atom. The number of carbonyl (C=O) groups excluding carboxylic acids is 1. The van der Waals surface area contributed by atoms with Gasteiger partial charge in [0.2, 0.25) is 5.91 Å². The Labute approximate surface area is 128 Å². The lowest BCUT2D eigenvalue weighted by molar-refractivity contribution is -0.132. The molecule has 0 radical (unpaired) electrons. The minimum Gasteiger partial charge on any atom is -0.340 e. The maximum absolute atomic E-state index is 12.4. The summed E-state index contributed by atoms with van der Waals surface area (Å²) in [6, 6.07) is 10.9. The molecule has 1 atom stereocenters. The molecule has 0 spiro atoms. The molecule has 1 heterocycles. The minimum atomic E-state index is 0.227. The first kappa shape index (κ1) is 16.0. The van der Waals surface area contributed by atoms with Crippen molar-refractivity contribution in [3.63, 3.8) is 0 Å². The van der Waals surface area contributed by atoms with Gasteiger partial charge in [0, 0.05) is 19.1 Å². The maximum Gasteiger partial charge on any atom is 0.236 e. The molecule has 1 fully saturated rings. The highest BCUT2D eigenvalue weighted by molar-refractivity contribution is 5.78. The number of carbonyl (C=O) groups is 1. The summed E-state index contributed by atoms with van der Waals surface area (Å²) in [5, 5.41) is 3.49. The van der Waals surface area contributed by atoms with Crippen LogP contribution >= 0.6 is 0 Å². The normalized spacial score (nSPS) is 18.1.